The van der Waals surface area contributed by atoms with Crippen molar-refractivity contribution in [3.8, 4) is 28.7 Å². The second kappa shape index (κ2) is 6.71. The molecule has 1 fully saturated rings. The largest absolute Gasteiger partial charge is 0.573 e. The molecule has 148 valence electrons. The van der Waals surface area contributed by atoms with E-state index in [4.69, 9.17) is 16.2 Å². The van der Waals surface area contributed by atoms with E-state index in [0.29, 0.717) is 32.0 Å². The molecule has 0 aliphatic carbocycles. The van der Waals surface area contributed by atoms with Crippen LogP contribution in [-0.4, -0.2) is 52.6 Å². The molecule has 5 N–H and O–H groups in total. The van der Waals surface area contributed by atoms with E-state index in [1.165, 1.54) is 12.1 Å². The quantitative estimate of drug-likeness (QED) is 0.613. The Hall–Kier alpha value is -3.28. The summed E-state index contributed by atoms with van der Waals surface area (Å²) in [6.45, 7) is 2.13. The van der Waals surface area contributed by atoms with Gasteiger partial charge in [0, 0.05) is 24.8 Å². The minimum atomic E-state index is -4.87. The Bertz CT molecular complexity index is 969. The van der Waals surface area contributed by atoms with Gasteiger partial charge in [-0.1, -0.05) is 0 Å². The van der Waals surface area contributed by atoms with Crippen molar-refractivity contribution >= 4 is 17.5 Å². The average molecular weight is 395 g/mol. The summed E-state index contributed by atoms with van der Waals surface area (Å²) in [6.07, 6.45) is -4.87. The molecule has 3 aliphatic rings. The number of nitrogens with one attached hydrogen (secondary N) is 1. The fraction of sp³-hybridized carbons (Fsp3) is 0.312. The summed E-state index contributed by atoms with van der Waals surface area (Å²) in [6, 6.07) is 4.48. The maximum absolute atomic E-state index is 13.0. The number of nitrogens with zero attached hydrogens (tertiary/aromatic N) is 4. The molecule has 12 heteroatoms. The zero-order valence-electron chi connectivity index (χ0n) is 14.5. The number of hydrogen-bond donors (Lipinski definition) is 3. The number of benzene rings is 1. The number of nitrogens with two attached hydrogens (primary N) is 2. The maximum Gasteiger partial charge on any atom is 0.573 e. The predicted molar refractivity (Wildman–Crippen MR) is 94.8 cm³/mol. The number of aromatic nitrogens is 4. The molecule has 0 atom stereocenters. The van der Waals surface area contributed by atoms with Gasteiger partial charge in [0.15, 0.2) is 23.2 Å². The highest BCUT2D eigenvalue weighted by molar-refractivity contribution is 5.76. The van der Waals surface area contributed by atoms with E-state index in [-0.39, 0.29) is 34.7 Å². The first-order valence-electron chi connectivity index (χ1n) is 8.32. The molecule has 0 amide bonds. The summed E-state index contributed by atoms with van der Waals surface area (Å²) < 4.78 is 48.5. The van der Waals surface area contributed by atoms with Crippen LogP contribution in [0.3, 0.4) is 0 Å². The number of alkyl halides is 3. The number of halogens is 3. The van der Waals surface area contributed by atoms with Gasteiger partial charge in [0.2, 0.25) is 5.95 Å². The molecular formula is C16H16F3N7O2. The normalized spacial score (nSPS) is 15.2. The monoisotopic (exact) mass is 395 g/mol. The number of fused-ring (bicyclic) bond motifs is 1. The van der Waals surface area contributed by atoms with E-state index in [9.17, 15) is 13.2 Å². The molecule has 0 bridgehead atoms. The van der Waals surface area contributed by atoms with Crippen LogP contribution in [-0.2, 0) is 4.74 Å². The lowest BCUT2D eigenvalue weighted by Gasteiger charge is -2.29. The third-order valence-electron chi connectivity index (χ3n) is 4.20. The van der Waals surface area contributed by atoms with Crippen molar-refractivity contribution in [3.63, 3.8) is 0 Å². The zero-order chi connectivity index (χ0) is 19.9. The van der Waals surface area contributed by atoms with Gasteiger partial charge < -0.3 is 30.8 Å². The molecule has 28 heavy (non-hydrogen) atoms. The van der Waals surface area contributed by atoms with Crippen molar-refractivity contribution < 1.29 is 22.6 Å². The van der Waals surface area contributed by atoms with Gasteiger partial charge in [0.25, 0.3) is 0 Å². The van der Waals surface area contributed by atoms with E-state index in [1.54, 1.807) is 6.07 Å². The molecule has 0 saturated carbocycles. The highest BCUT2D eigenvalue weighted by Crippen LogP contribution is 2.38. The van der Waals surface area contributed by atoms with E-state index in [2.05, 4.69) is 24.7 Å². The molecule has 4 rings (SSSR count). The summed E-state index contributed by atoms with van der Waals surface area (Å²) in [5.41, 5.74) is 12.2. The molecule has 1 aromatic rings. The number of aromatic amines is 1. The summed E-state index contributed by atoms with van der Waals surface area (Å²) in [5, 5.41) is 0. The van der Waals surface area contributed by atoms with Gasteiger partial charge in [-0.15, -0.1) is 13.2 Å². The molecule has 3 heterocycles. The highest BCUT2D eigenvalue weighted by atomic mass is 19.4. The maximum atomic E-state index is 13.0. The number of morpholine rings is 1. The van der Waals surface area contributed by atoms with Crippen molar-refractivity contribution in [1.29, 1.82) is 0 Å². The van der Waals surface area contributed by atoms with Gasteiger partial charge in [0.1, 0.15) is 5.75 Å². The summed E-state index contributed by atoms with van der Waals surface area (Å²) in [5.74, 6) is -0.140. The summed E-state index contributed by atoms with van der Waals surface area (Å²) in [7, 11) is 0. The van der Waals surface area contributed by atoms with Crippen molar-refractivity contribution in [3.05, 3.63) is 18.2 Å². The minimum Gasteiger partial charge on any atom is -0.405 e. The lowest BCUT2D eigenvalue weighted by atomic mass is 10.1. The number of H-pyrrole nitrogens is 1. The van der Waals surface area contributed by atoms with Crippen LogP contribution in [0.25, 0.3) is 22.9 Å². The zero-order valence-corrected chi connectivity index (χ0v) is 14.5. The van der Waals surface area contributed by atoms with Crippen LogP contribution in [0, 0.1) is 0 Å². The van der Waals surface area contributed by atoms with Gasteiger partial charge in [0.05, 0.1) is 18.8 Å². The van der Waals surface area contributed by atoms with E-state index in [1.807, 2.05) is 4.90 Å². The Kier molecular flexibility index (Phi) is 4.34. The molecule has 3 aliphatic heterocycles. The predicted octanol–water partition coefficient (Wildman–Crippen LogP) is 1.87. The molecule has 1 aromatic carbocycles. The highest BCUT2D eigenvalue weighted by Gasteiger charge is 2.33. The second-order valence-corrected chi connectivity index (χ2v) is 6.08. The summed E-state index contributed by atoms with van der Waals surface area (Å²) >= 11 is 0. The average Bonchev–Trinajstić information content (AvgIpc) is 3.05. The van der Waals surface area contributed by atoms with Gasteiger partial charge in [-0.25, -0.2) is 9.97 Å². The molecule has 0 radical (unpaired) electrons. The van der Waals surface area contributed by atoms with Gasteiger partial charge in [-0.2, -0.15) is 4.98 Å². The number of imidazole rings is 1. The Balaban J connectivity index is 1.79. The molecule has 1 saturated heterocycles. The SMILES string of the molecule is Nc1nc(N)c2nc(-c3ccc(N4CCOCC4)cc3OC(F)(F)F)nc-2[nH]1. The van der Waals surface area contributed by atoms with Gasteiger partial charge >= 0.3 is 6.36 Å². The molecule has 0 unspecified atom stereocenters. The Morgan fingerprint density at radius 1 is 1.11 bits per heavy atom. The van der Waals surface area contributed by atoms with Crippen LogP contribution in [0.1, 0.15) is 0 Å². The topological polar surface area (TPSA) is 128 Å². The van der Waals surface area contributed by atoms with Crippen LogP contribution in [0.4, 0.5) is 30.6 Å². The molecule has 0 aromatic heterocycles. The van der Waals surface area contributed by atoms with Crippen LogP contribution in [0.15, 0.2) is 18.2 Å². The van der Waals surface area contributed by atoms with Crippen LogP contribution in [0.2, 0.25) is 0 Å². The number of ether oxygens (including phenoxy) is 2. The Labute approximate surface area is 156 Å². The minimum absolute atomic E-state index is 0.0122. The van der Waals surface area contributed by atoms with Crippen LogP contribution >= 0.6 is 0 Å². The van der Waals surface area contributed by atoms with E-state index < -0.39 is 12.1 Å². The fourth-order valence-electron chi connectivity index (χ4n) is 2.98. The van der Waals surface area contributed by atoms with Crippen LogP contribution in [0.5, 0.6) is 5.75 Å². The molecule has 9 nitrogen and oxygen atoms in total. The van der Waals surface area contributed by atoms with E-state index in [0.717, 1.165) is 0 Å². The first kappa shape index (κ1) is 18.1. The number of nitrogen functional groups attached to an aromatic ring is 2. The number of anilines is 3. The van der Waals surface area contributed by atoms with Crippen molar-refractivity contribution in [1.82, 2.24) is 19.9 Å². The van der Waals surface area contributed by atoms with Crippen molar-refractivity contribution in [2.24, 2.45) is 0 Å². The fourth-order valence-corrected chi connectivity index (χ4v) is 2.98. The third-order valence-corrected chi connectivity index (χ3v) is 4.20. The molecule has 0 spiro atoms. The molecular weight excluding hydrogens is 379 g/mol. The Morgan fingerprint density at radius 3 is 2.57 bits per heavy atom. The van der Waals surface area contributed by atoms with Gasteiger partial charge in [-0.05, 0) is 12.1 Å². The van der Waals surface area contributed by atoms with Crippen LogP contribution < -0.4 is 21.1 Å². The van der Waals surface area contributed by atoms with Crippen molar-refractivity contribution in [2.75, 3.05) is 42.7 Å². The first-order chi connectivity index (χ1) is 13.3. The van der Waals surface area contributed by atoms with Gasteiger partial charge in [-0.3, -0.25) is 0 Å². The standard InChI is InChI=1S/C16H16F3N7O2/c17-16(18,19)28-10-7-8(26-3-5-27-6-4-26)1-2-9(10)13-22-11-12(20)23-15(21)25-14(11)24-13/h1-2,7H,3-6H2,(H5,20,21,22,23,24,25). The summed E-state index contributed by atoms with van der Waals surface area (Å²) in [4.78, 5) is 16.8. The smallest absolute Gasteiger partial charge is 0.405 e. The second-order valence-electron chi connectivity index (χ2n) is 6.08. The van der Waals surface area contributed by atoms with Crippen molar-refractivity contribution in [2.45, 2.75) is 6.36 Å². The number of hydrogen-bond acceptors (Lipinski definition) is 8. The lowest BCUT2D eigenvalue weighted by molar-refractivity contribution is -0.274. The lowest BCUT2D eigenvalue weighted by Crippen LogP contribution is -2.36. The number of rotatable bonds is 3. The third kappa shape index (κ3) is 3.58. The van der Waals surface area contributed by atoms with E-state index >= 15 is 0 Å². The Morgan fingerprint density at radius 2 is 1.86 bits per heavy atom. The first-order valence-corrected chi connectivity index (χ1v) is 8.32.